The zero-order valence-corrected chi connectivity index (χ0v) is 16.7. The number of ether oxygens (including phenoxy) is 2. The topological polar surface area (TPSA) is 98.9 Å². The summed E-state index contributed by atoms with van der Waals surface area (Å²) in [5.74, 6) is -0.935. The van der Waals surface area contributed by atoms with Crippen molar-refractivity contribution in [2.45, 2.75) is 32.4 Å². The maximum atomic E-state index is 12.6. The molecule has 1 aromatic heterocycles. The molecular formula is C22H22N2O6. The molecular weight excluding hydrogens is 388 g/mol. The van der Waals surface area contributed by atoms with Crippen LogP contribution in [0.15, 0.2) is 47.0 Å². The number of carbonyl (C=O) groups is 3. The first kappa shape index (κ1) is 19.9. The molecule has 8 nitrogen and oxygen atoms in total. The van der Waals surface area contributed by atoms with Crippen LogP contribution in [0.5, 0.6) is 5.75 Å². The minimum Gasteiger partial charge on any atom is -0.497 e. The molecule has 2 amide bonds. The second-order valence-electron chi connectivity index (χ2n) is 7.39. The highest BCUT2D eigenvalue weighted by atomic mass is 16.6. The first-order valence-corrected chi connectivity index (χ1v) is 9.78. The van der Waals surface area contributed by atoms with Gasteiger partial charge in [-0.2, -0.15) is 0 Å². The van der Waals surface area contributed by atoms with Crippen LogP contribution in [0.3, 0.4) is 0 Å². The molecule has 156 valence electrons. The minimum atomic E-state index is -0.986. The van der Waals surface area contributed by atoms with E-state index in [0.29, 0.717) is 24.3 Å². The van der Waals surface area contributed by atoms with Crippen molar-refractivity contribution in [1.29, 1.82) is 0 Å². The number of methoxy groups -OCH3 is 1. The van der Waals surface area contributed by atoms with Gasteiger partial charge in [0, 0.05) is 11.6 Å². The summed E-state index contributed by atoms with van der Waals surface area (Å²) in [4.78, 5) is 38.7. The van der Waals surface area contributed by atoms with Gasteiger partial charge in [0.05, 0.1) is 18.9 Å². The largest absolute Gasteiger partial charge is 0.497 e. The van der Waals surface area contributed by atoms with E-state index >= 15 is 0 Å². The van der Waals surface area contributed by atoms with Crippen molar-refractivity contribution in [3.63, 3.8) is 0 Å². The predicted octanol–water partition coefficient (Wildman–Crippen LogP) is 2.73. The average molecular weight is 410 g/mol. The lowest BCUT2D eigenvalue weighted by Gasteiger charge is -2.21. The summed E-state index contributed by atoms with van der Waals surface area (Å²) in [7, 11) is 1.59. The molecule has 1 aromatic carbocycles. The van der Waals surface area contributed by atoms with Crippen molar-refractivity contribution in [2.24, 2.45) is 11.8 Å². The summed E-state index contributed by atoms with van der Waals surface area (Å²) in [5.41, 5.74) is 1.42. The van der Waals surface area contributed by atoms with Gasteiger partial charge >= 0.3 is 5.97 Å². The zero-order valence-electron chi connectivity index (χ0n) is 16.7. The van der Waals surface area contributed by atoms with E-state index in [4.69, 9.17) is 14.0 Å². The number of rotatable bonds is 6. The van der Waals surface area contributed by atoms with Crippen LogP contribution < -0.4 is 4.74 Å². The average Bonchev–Trinajstić information content (AvgIpc) is 3.35. The van der Waals surface area contributed by atoms with E-state index in [1.807, 2.05) is 36.4 Å². The fourth-order valence-electron chi connectivity index (χ4n) is 3.85. The van der Waals surface area contributed by atoms with Crippen molar-refractivity contribution >= 4 is 17.8 Å². The quantitative estimate of drug-likeness (QED) is 0.410. The molecule has 1 saturated heterocycles. The third-order valence-corrected chi connectivity index (χ3v) is 5.57. The maximum Gasteiger partial charge on any atom is 0.329 e. The van der Waals surface area contributed by atoms with Crippen molar-refractivity contribution in [1.82, 2.24) is 10.1 Å². The number of likely N-dealkylation sites (tertiary alicyclic amines) is 1. The maximum absolute atomic E-state index is 12.6. The molecule has 4 rings (SSSR count). The highest BCUT2D eigenvalue weighted by molar-refractivity contribution is 6.08. The number of allylic oxidation sites excluding steroid dienone is 2. The van der Waals surface area contributed by atoms with E-state index in [-0.39, 0.29) is 30.3 Å². The molecule has 30 heavy (non-hydrogen) atoms. The number of carbonyl (C=O) groups excluding carboxylic acids is 3. The minimum absolute atomic E-state index is 0.142. The van der Waals surface area contributed by atoms with Gasteiger partial charge in [-0.1, -0.05) is 17.3 Å². The second kappa shape index (κ2) is 8.14. The summed E-state index contributed by atoms with van der Waals surface area (Å²) < 4.78 is 15.6. The molecule has 2 aliphatic rings. The third-order valence-electron chi connectivity index (χ3n) is 5.57. The van der Waals surface area contributed by atoms with E-state index in [0.717, 1.165) is 16.2 Å². The van der Waals surface area contributed by atoms with Crippen LogP contribution in [0.2, 0.25) is 0 Å². The van der Waals surface area contributed by atoms with Crippen molar-refractivity contribution < 1.29 is 28.4 Å². The molecule has 0 saturated carbocycles. The van der Waals surface area contributed by atoms with Crippen LogP contribution in [-0.2, 0) is 25.7 Å². The highest BCUT2D eigenvalue weighted by Crippen LogP contribution is 2.36. The number of hydrogen-bond donors (Lipinski definition) is 0. The Labute approximate surface area is 173 Å². The van der Waals surface area contributed by atoms with Gasteiger partial charge in [0.2, 0.25) is 11.8 Å². The molecule has 0 radical (unpaired) electrons. The molecule has 0 N–H and O–H groups in total. The van der Waals surface area contributed by atoms with E-state index in [9.17, 15) is 14.4 Å². The number of fused-ring (bicyclic) bond motifs is 1. The second-order valence-corrected chi connectivity index (χ2v) is 7.39. The predicted molar refractivity (Wildman–Crippen MR) is 105 cm³/mol. The molecule has 3 atom stereocenters. The Morgan fingerprint density at radius 3 is 2.40 bits per heavy atom. The van der Waals surface area contributed by atoms with Gasteiger partial charge in [-0.15, -0.1) is 0 Å². The third kappa shape index (κ3) is 3.60. The fourth-order valence-corrected chi connectivity index (χ4v) is 3.85. The van der Waals surface area contributed by atoms with Gasteiger partial charge in [-0.25, -0.2) is 4.79 Å². The van der Waals surface area contributed by atoms with Crippen LogP contribution >= 0.6 is 0 Å². The number of nitrogens with zero attached hydrogens (tertiary/aromatic N) is 2. The molecule has 2 heterocycles. The molecule has 1 aliphatic heterocycles. The Balaban J connectivity index is 1.37. The summed E-state index contributed by atoms with van der Waals surface area (Å²) >= 11 is 0. The van der Waals surface area contributed by atoms with Gasteiger partial charge in [0.15, 0.2) is 12.4 Å². The standard InChI is InChI=1S/C22H22N2O6/c1-13(24-20(25)17-5-3-4-6-18(17)21(24)26)22(27)29-12-16-11-19(23-30-16)14-7-9-15(28-2)10-8-14/h3-4,7-11,13,17-18H,5-6,12H2,1-2H3/t13-,17-,18-/m0/s1. The molecule has 1 fully saturated rings. The molecule has 0 unspecified atom stereocenters. The lowest BCUT2D eigenvalue weighted by atomic mass is 9.85. The van der Waals surface area contributed by atoms with Gasteiger partial charge in [0.25, 0.3) is 0 Å². The van der Waals surface area contributed by atoms with E-state index in [1.165, 1.54) is 6.92 Å². The van der Waals surface area contributed by atoms with E-state index in [1.54, 1.807) is 13.2 Å². The van der Waals surface area contributed by atoms with E-state index in [2.05, 4.69) is 5.16 Å². The SMILES string of the molecule is COc1ccc(-c2cc(COC(=O)[C@H](C)N3C(=O)[C@H]4CC=CC[C@@H]4C3=O)on2)cc1. The first-order chi connectivity index (χ1) is 14.5. The summed E-state index contributed by atoms with van der Waals surface area (Å²) in [6.07, 6.45) is 4.87. The smallest absolute Gasteiger partial charge is 0.329 e. The molecule has 0 spiro atoms. The van der Waals surface area contributed by atoms with Gasteiger partial charge < -0.3 is 14.0 Å². The molecule has 2 aromatic rings. The zero-order chi connectivity index (χ0) is 21.3. The molecule has 1 aliphatic carbocycles. The van der Waals surface area contributed by atoms with Crippen molar-refractivity contribution in [2.75, 3.05) is 7.11 Å². The van der Waals surface area contributed by atoms with Gasteiger partial charge in [-0.05, 0) is 44.0 Å². The molecule has 0 bridgehead atoms. The van der Waals surface area contributed by atoms with Crippen molar-refractivity contribution in [3.05, 3.63) is 48.2 Å². The normalized spacial score (nSPS) is 21.5. The number of benzene rings is 1. The van der Waals surface area contributed by atoms with Gasteiger partial charge in [-0.3, -0.25) is 14.5 Å². The van der Waals surface area contributed by atoms with Crippen LogP contribution in [-0.4, -0.2) is 41.0 Å². The van der Waals surface area contributed by atoms with Crippen LogP contribution in [0.4, 0.5) is 0 Å². The van der Waals surface area contributed by atoms with Crippen LogP contribution in [0.25, 0.3) is 11.3 Å². The number of aromatic nitrogens is 1. The number of esters is 1. The van der Waals surface area contributed by atoms with Crippen LogP contribution in [0, 0.1) is 11.8 Å². The summed E-state index contributed by atoms with van der Waals surface area (Å²) in [6.45, 7) is 1.36. The lowest BCUT2D eigenvalue weighted by Crippen LogP contribution is -2.44. The Kier molecular flexibility index (Phi) is 5.39. The van der Waals surface area contributed by atoms with Gasteiger partial charge in [0.1, 0.15) is 17.5 Å². The Morgan fingerprint density at radius 1 is 1.17 bits per heavy atom. The van der Waals surface area contributed by atoms with Crippen molar-refractivity contribution in [3.8, 4) is 17.0 Å². The lowest BCUT2D eigenvalue weighted by molar-refractivity contribution is -0.159. The number of imide groups is 1. The Hall–Kier alpha value is -3.42. The highest BCUT2D eigenvalue weighted by Gasteiger charge is 2.50. The Bertz CT molecular complexity index is 967. The fraction of sp³-hybridized carbons (Fsp3) is 0.364. The number of amides is 2. The van der Waals surface area contributed by atoms with Crippen LogP contribution in [0.1, 0.15) is 25.5 Å². The monoisotopic (exact) mass is 410 g/mol. The summed E-state index contributed by atoms with van der Waals surface area (Å²) in [6, 6.07) is 7.98. The van der Waals surface area contributed by atoms with E-state index < -0.39 is 12.0 Å². The Morgan fingerprint density at radius 2 is 1.80 bits per heavy atom. The number of hydrogen-bond acceptors (Lipinski definition) is 7. The molecule has 8 heteroatoms. The summed E-state index contributed by atoms with van der Waals surface area (Å²) in [5, 5.41) is 3.98. The first-order valence-electron chi connectivity index (χ1n) is 9.78.